The number of carbonyl (C=O) groups excluding carboxylic acids is 1. The molecule has 1 aromatic rings. The number of aliphatic hydroxyl groups is 1. The van der Waals surface area contributed by atoms with Crippen LogP contribution >= 0.6 is 0 Å². The van der Waals surface area contributed by atoms with E-state index in [9.17, 15) is 23.1 Å². The van der Waals surface area contributed by atoms with Gasteiger partial charge in [-0.3, -0.25) is 0 Å². The second kappa shape index (κ2) is 5.92. The van der Waals surface area contributed by atoms with Crippen LogP contribution in [0.2, 0.25) is 0 Å². The molecule has 118 valence electrons. The molecule has 1 aliphatic heterocycles. The molecule has 2 amide bonds. The number of rotatable bonds is 3. The molecule has 1 aliphatic rings. The molecule has 21 heavy (non-hydrogen) atoms. The molecule has 9 heteroatoms. The van der Waals surface area contributed by atoms with Crippen molar-refractivity contribution in [1.29, 1.82) is 0 Å². The summed E-state index contributed by atoms with van der Waals surface area (Å²) in [5, 5.41) is 12.1. The van der Waals surface area contributed by atoms with Crippen molar-refractivity contribution in [3.8, 4) is 0 Å². The molecule has 0 bridgehead atoms. The summed E-state index contributed by atoms with van der Waals surface area (Å²) in [7, 11) is 0. The smallest absolute Gasteiger partial charge is 0.380 e. The van der Waals surface area contributed by atoms with Gasteiger partial charge in [0, 0.05) is 51.4 Å². The van der Waals surface area contributed by atoms with E-state index in [4.69, 9.17) is 0 Å². The molecule has 1 saturated heterocycles. The van der Waals surface area contributed by atoms with Crippen molar-refractivity contribution in [3.63, 3.8) is 0 Å². The lowest BCUT2D eigenvalue weighted by Crippen LogP contribution is -2.56. The first kappa shape index (κ1) is 15.6. The number of hydrogen-bond acceptors (Lipinski definition) is 3. The van der Waals surface area contributed by atoms with Crippen LogP contribution in [0.3, 0.4) is 0 Å². The largest absolute Gasteiger partial charge is 0.417 e. The average molecular weight is 306 g/mol. The predicted octanol–water partition coefficient (Wildman–Crippen LogP) is 0.982. The average Bonchev–Trinajstić information content (AvgIpc) is 2.91. The SMILES string of the molecule is O=C(NCCn1ccnc1)N1CCC(O)(C(F)(F)F)CC1. The van der Waals surface area contributed by atoms with Gasteiger partial charge in [0.05, 0.1) is 6.33 Å². The lowest BCUT2D eigenvalue weighted by atomic mass is 9.91. The number of aromatic nitrogens is 2. The quantitative estimate of drug-likeness (QED) is 0.874. The maximum Gasteiger partial charge on any atom is 0.417 e. The van der Waals surface area contributed by atoms with Crippen molar-refractivity contribution in [1.82, 2.24) is 19.8 Å². The lowest BCUT2D eigenvalue weighted by molar-refractivity contribution is -0.271. The van der Waals surface area contributed by atoms with Crippen LogP contribution in [0, 0.1) is 0 Å². The Morgan fingerprint density at radius 2 is 2.05 bits per heavy atom. The van der Waals surface area contributed by atoms with Gasteiger partial charge in [-0.05, 0) is 0 Å². The zero-order chi connectivity index (χ0) is 15.5. The van der Waals surface area contributed by atoms with Gasteiger partial charge in [0.25, 0.3) is 0 Å². The van der Waals surface area contributed by atoms with Crippen molar-refractivity contribution in [2.45, 2.75) is 31.2 Å². The molecule has 0 aliphatic carbocycles. The summed E-state index contributed by atoms with van der Waals surface area (Å²) in [4.78, 5) is 17.0. The zero-order valence-electron chi connectivity index (χ0n) is 11.3. The Balaban J connectivity index is 1.75. The Bertz CT molecular complexity index is 467. The fraction of sp³-hybridized carbons (Fsp3) is 0.667. The van der Waals surface area contributed by atoms with Gasteiger partial charge in [0.2, 0.25) is 0 Å². The minimum atomic E-state index is -4.66. The molecule has 0 saturated carbocycles. The number of nitrogens with zero attached hydrogens (tertiary/aromatic N) is 3. The molecule has 6 nitrogen and oxygen atoms in total. The first-order valence-electron chi connectivity index (χ1n) is 6.59. The maximum absolute atomic E-state index is 12.6. The standard InChI is InChI=1S/C12H17F3N4O2/c13-12(14,15)11(21)1-5-19(6-2-11)10(20)17-4-8-18-7-3-16-9-18/h3,7,9,21H,1-2,4-6,8H2,(H,17,20). The van der Waals surface area contributed by atoms with Crippen molar-refractivity contribution >= 4 is 6.03 Å². The number of amides is 2. The van der Waals surface area contributed by atoms with E-state index in [-0.39, 0.29) is 13.1 Å². The molecule has 1 aromatic heterocycles. The van der Waals surface area contributed by atoms with Gasteiger partial charge in [-0.25, -0.2) is 9.78 Å². The fourth-order valence-electron chi connectivity index (χ4n) is 2.19. The van der Waals surface area contributed by atoms with Crippen LogP contribution in [-0.2, 0) is 6.54 Å². The molecule has 0 unspecified atom stereocenters. The van der Waals surface area contributed by atoms with Crippen LogP contribution in [0.25, 0.3) is 0 Å². The molecule has 2 rings (SSSR count). The van der Waals surface area contributed by atoms with Crippen LogP contribution in [0.15, 0.2) is 18.7 Å². The van der Waals surface area contributed by atoms with E-state index >= 15 is 0 Å². The Morgan fingerprint density at radius 1 is 1.38 bits per heavy atom. The predicted molar refractivity (Wildman–Crippen MR) is 67.4 cm³/mol. The van der Waals surface area contributed by atoms with Crippen LogP contribution in [0.4, 0.5) is 18.0 Å². The summed E-state index contributed by atoms with van der Waals surface area (Å²) >= 11 is 0. The maximum atomic E-state index is 12.6. The highest BCUT2D eigenvalue weighted by molar-refractivity contribution is 5.74. The van der Waals surface area contributed by atoms with Gasteiger partial charge in [-0.2, -0.15) is 13.2 Å². The summed E-state index contributed by atoms with van der Waals surface area (Å²) in [5.74, 6) is 0. The van der Waals surface area contributed by atoms with E-state index in [0.717, 1.165) is 0 Å². The highest BCUT2D eigenvalue weighted by Gasteiger charge is 2.54. The monoisotopic (exact) mass is 306 g/mol. The number of hydrogen-bond donors (Lipinski definition) is 2. The molecule has 0 radical (unpaired) electrons. The lowest BCUT2D eigenvalue weighted by Gasteiger charge is -2.39. The van der Waals surface area contributed by atoms with Crippen LogP contribution < -0.4 is 5.32 Å². The molecule has 1 fully saturated rings. The summed E-state index contributed by atoms with van der Waals surface area (Å²) in [6, 6.07) is -0.417. The van der Waals surface area contributed by atoms with Crippen molar-refractivity contribution in [2.75, 3.05) is 19.6 Å². The summed E-state index contributed by atoms with van der Waals surface area (Å²) in [5.41, 5.74) is -2.68. The highest BCUT2D eigenvalue weighted by atomic mass is 19.4. The summed E-state index contributed by atoms with van der Waals surface area (Å²) in [6.07, 6.45) is -0.675. The second-order valence-corrected chi connectivity index (χ2v) is 5.05. The summed E-state index contributed by atoms with van der Waals surface area (Å²) in [6.45, 7) is 0.654. The zero-order valence-corrected chi connectivity index (χ0v) is 11.3. The van der Waals surface area contributed by atoms with Gasteiger partial charge < -0.3 is 19.9 Å². The minimum Gasteiger partial charge on any atom is -0.380 e. The number of likely N-dealkylation sites (tertiary alicyclic amines) is 1. The van der Waals surface area contributed by atoms with Gasteiger partial charge in [0.1, 0.15) is 0 Å². The van der Waals surface area contributed by atoms with E-state index in [1.165, 1.54) is 4.90 Å². The first-order valence-corrected chi connectivity index (χ1v) is 6.59. The molecular weight excluding hydrogens is 289 g/mol. The number of alkyl halides is 3. The highest BCUT2D eigenvalue weighted by Crippen LogP contribution is 2.38. The van der Waals surface area contributed by atoms with Gasteiger partial charge in [0.15, 0.2) is 5.60 Å². The topological polar surface area (TPSA) is 70.4 Å². The van der Waals surface area contributed by atoms with Crippen molar-refractivity contribution < 1.29 is 23.1 Å². The van der Waals surface area contributed by atoms with Crippen molar-refractivity contribution in [3.05, 3.63) is 18.7 Å². The summed E-state index contributed by atoms with van der Waals surface area (Å²) < 4.78 is 39.7. The van der Waals surface area contributed by atoms with Gasteiger partial charge in [-0.15, -0.1) is 0 Å². The third-order valence-electron chi connectivity index (χ3n) is 3.61. The first-order chi connectivity index (χ1) is 9.82. The molecule has 2 N–H and O–H groups in total. The van der Waals surface area contributed by atoms with Crippen LogP contribution in [0.5, 0.6) is 0 Å². The van der Waals surface area contributed by atoms with Crippen LogP contribution in [0.1, 0.15) is 12.8 Å². The second-order valence-electron chi connectivity index (χ2n) is 5.05. The Labute approximate surface area is 119 Å². The Morgan fingerprint density at radius 3 is 2.57 bits per heavy atom. The Kier molecular flexibility index (Phi) is 4.40. The van der Waals surface area contributed by atoms with E-state index < -0.39 is 30.7 Å². The molecular formula is C12H17F3N4O2. The van der Waals surface area contributed by atoms with E-state index in [2.05, 4.69) is 10.3 Å². The van der Waals surface area contributed by atoms with E-state index in [1.807, 2.05) is 0 Å². The number of carbonyl (C=O) groups is 1. The normalized spacial score (nSPS) is 18.6. The van der Waals surface area contributed by atoms with Crippen molar-refractivity contribution in [2.24, 2.45) is 0 Å². The number of imidazole rings is 1. The van der Waals surface area contributed by atoms with Crippen LogP contribution in [-0.4, -0.2) is 57.0 Å². The fourth-order valence-corrected chi connectivity index (χ4v) is 2.19. The number of urea groups is 1. The van der Waals surface area contributed by atoms with E-state index in [0.29, 0.717) is 13.1 Å². The molecule has 0 spiro atoms. The third-order valence-corrected chi connectivity index (χ3v) is 3.61. The molecule has 2 heterocycles. The number of nitrogens with one attached hydrogen (secondary N) is 1. The third kappa shape index (κ3) is 3.66. The Hall–Kier alpha value is -1.77. The molecule has 0 atom stereocenters. The van der Waals surface area contributed by atoms with E-state index in [1.54, 1.807) is 23.3 Å². The number of piperidine rings is 1. The van der Waals surface area contributed by atoms with Gasteiger partial charge >= 0.3 is 12.2 Å². The minimum absolute atomic E-state index is 0.118. The number of halogens is 3. The van der Waals surface area contributed by atoms with Gasteiger partial charge in [-0.1, -0.05) is 0 Å². The molecule has 0 aromatic carbocycles.